The molecular formula is C14H10ClF2N3O2S. The number of rotatable bonds is 4. The molecule has 0 spiro atoms. The predicted octanol–water partition coefficient (Wildman–Crippen LogP) is 3.59. The summed E-state index contributed by atoms with van der Waals surface area (Å²) in [6.45, 7) is 1.11. The molecular weight excluding hydrogens is 348 g/mol. The lowest BCUT2D eigenvalue weighted by Crippen LogP contribution is -2.18. The van der Waals surface area contributed by atoms with Crippen LogP contribution in [-0.4, -0.2) is 27.9 Å². The predicted molar refractivity (Wildman–Crippen MR) is 83.1 cm³/mol. The van der Waals surface area contributed by atoms with Crippen molar-refractivity contribution in [2.24, 2.45) is 0 Å². The quantitative estimate of drug-likeness (QED) is 0.514. The number of ketones is 1. The maximum atomic E-state index is 13.7. The van der Waals surface area contributed by atoms with Crippen molar-refractivity contribution < 1.29 is 18.4 Å². The van der Waals surface area contributed by atoms with Gasteiger partial charge in [0.15, 0.2) is 16.6 Å². The number of thioether (sulfide) groups is 1. The molecule has 0 fully saturated rings. The number of aromatic nitrogens is 2. The zero-order valence-electron chi connectivity index (χ0n) is 12.0. The summed E-state index contributed by atoms with van der Waals surface area (Å²) >= 11 is 7.06. The molecule has 0 saturated heterocycles. The number of halogens is 3. The first-order chi connectivity index (χ1) is 10.8. The van der Waals surface area contributed by atoms with E-state index in [0.717, 1.165) is 13.0 Å². The molecule has 0 atom stereocenters. The van der Waals surface area contributed by atoms with Gasteiger partial charge >= 0.3 is 0 Å². The number of carbonyl (C=O) groups excluding carboxylic acids is 2. The highest BCUT2D eigenvalue weighted by Crippen LogP contribution is 2.24. The molecule has 0 radical (unpaired) electrons. The highest BCUT2D eigenvalue weighted by molar-refractivity contribution is 7.98. The zero-order valence-corrected chi connectivity index (χ0v) is 13.6. The van der Waals surface area contributed by atoms with E-state index in [9.17, 15) is 18.4 Å². The number of hydrogen-bond donors (Lipinski definition) is 1. The van der Waals surface area contributed by atoms with Gasteiger partial charge in [0.05, 0.1) is 22.5 Å². The summed E-state index contributed by atoms with van der Waals surface area (Å²) in [5.74, 6) is -3.45. The molecule has 1 aromatic heterocycles. The first-order valence-corrected chi connectivity index (χ1v) is 7.81. The Bertz CT molecular complexity index is 802. The lowest BCUT2D eigenvalue weighted by Gasteiger charge is -2.11. The number of Topliss-reactive ketones (excluding diaryl/α,β-unsaturated/α-hetero) is 1. The average molecular weight is 358 g/mol. The molecule has 0 unspecified atom stereocenters. The summed E-state index contributed by atoms with van der Waals surface area (Å²) in [4.78, 5) is 31.6. The third kappa shape index (κ3) is 3.83. The van der Waals surface area contributed by atoms with E-state index < -0.39 is 28.9 Å². The number of nitrogens with zero attached hydrogens (tertiary/aromatic N) is 2. The van der Waals surface area contributed by atoms with Crippen LogP contribution in [0.2, 0.25) is 5.02 Å². The molecule has 0 bridgehead atoms. The highest BCUT2D eigenvalue weighted by atomic mass is 35.5. The minimum atomic E-state index is -1.06. The van der Waals surface area contributed by atoms with Gasteiger partial charge in [-0.1, -0.05) is 23.4 Å². The van der Waals surface area contributed by atoms with Crippen molar-refractivity contribution in [2.45, 2.75) is 12.1 Å². The van der Waals surface area contributed by atoms with Crippen LogP contribution in [0.3, 0.4) is 0 Å². The highest BCUT2D eigenvalue weighted by Gasteiger charge is 2.20. The smallest absolute Gasteiger partial charge is 0.276 e. The maximum Gasteiger partial charge on any atom is 0.276 e. The van der Waals surface area contributed by atoms with E-state index in [2.05, 4.69) is 15.3 Å². The molecule has 120 valence electrons. The van der Waals surface area contributed by atoms with Crippen molar-refractivity contribution in [3.05, 3.63) is 46.2 Å². The van der Waals surface area contributed by atoms with Crippen LogP contribution in [0, 0.1) is 11.6 Å². The van der Waals surface area contributed by atoms with E-state index in [-0.39, 0.29) is 16.4 Å². The molecule has 5 nitrogen and oxygen atoms in total. The van der Waals surface area contributed by atoms with Crippen LogP contribution in [0.25, 0.3) is 0 Å². The molecule has 0 aliphatic heterocycles. The average Bonchev–Trinajstić information content (AvgIpc) is 2.46. The van der Waals surface area contributed by atoms with Crippen molar-refractivity contribution in [1.29, 1.82) is 0 Å². The summed E-state index contributed by atoms with van der Waals surface area (Å²) in [6.07, 6.45) is 2.95. The summed E-state index contributed by atoms with van der Waals surface area (Å²) in [6, 6.07) is 1.41. The monoisotopic (exact) mass is 357 g/mol. The third-order valence-electron chi connectivity index (χ3n) is 2.77. The molecule has 0 aliphatic carbocycles. The normalized spacial score (nSPS) is 10.5. The molecule has 1 N–H and O–H groups in total. The van der Waals surface area contributed by atoms with Crippen molar-refractivity contribution in [1.82, 2.24) is 9.97 Å². The van der Waals surface area contributed by atoms with Gasteiger partial charge in [-0.15, -0.1) is 0 Å². The fraction of sp³-hybridized carbons (Fsp3) is 0.143. The van der Waals surface area contributed by atoms with E-state index in [0.29, 0.717) is 11.2 Å². The van der Waals surface area contributed by atoms with E-state index in [1.165, 1.54) is 18.0 Å². The van der Waals surface area contributed by atoms with Crippen molar-refractivity contribution in [2.75, 3.05) is 11.6 Å². The summed E-state index contributed by atoms with van der Waals surface area (Å²) in [7, 11) is 0. The Morgan fingerprint density at radius 2 is 2.00 bits per heavy atom. The van der Waals surface area contributed by atoms with Gasteiger partial charge < -0.3 is 5.32 Å². The Labute approximate surface area is 139 Å². The zero-order chi connectivity index (χ0) is 17.1. The Morgan fingerprint density at radius 1 is 1.30 bits per heavy atom. The second-order valence-electron chi connectivity index (χ2n) is 4.37. The SMILES string of the molecule is CSc1ncc(Cl)c(C(=O)Nc2cc(F)cc(F)c2C(C)=O)n1. The second kappa shape index (κ2) is 7.01. The van der Waals surface area contributed by atoms with Gasteiger partial charge in [-0.25, -0.2) is 18.7 Å². The Balaban J connectivity index is 2.43. The molecule has 1 amide bonds. The number of nitrogens with one attached hydrogen (secondary N) is 1. The van der Waals surface area contributed by atoms with Gasteiger partial charge in [0.25, 0.3) is 5.91 Å². The topological polar surface area (TPSA) is 72.0 Å². The number of hydrogen-bond acceptors (Lipinski definition) is 5. The maximum absolute atomic E-state index is 13.7. The largest absolute Gasteiger partial charge is 0.320 e. The molecule has 2 rings (SSSR count). The van der Waals surface area contributed by atoms with Crippen molar-refractivity contribution in [3.8, 4) is 0 Å². The molecule has 2 aromatic rings. The Morgan fingerprint density at radius 3 is 2.61 bits per heavy atom. The third-order valence-corrected chi connectivity index (χ3v) is 3.61. The number of benzene rings is 1. The van der Waals surface area contributed by atoms with Crippen molar-refractivity contribution in [3.63, 3.8) is 0 Å². The van der Waals surface area contributed by atoms with E-state index in [1.54, 1.807) is 6.26 Å². The minimum absolute atomic E-state index is 0.0263. The van der Waals surface area contributed by atoms with Crippen LogP contribution >= 0.6 is 23.4 Å². The van der Waals surface area contributed by atoms with E-state index in [4.69, 9.17) is 11.6 Å². The van der Waals surface area contributed by atoms with Crippen molar-refractivity contribution >= 4 is 40.7 Å². The lowest BCUT2D eigenvalue weighted by molar-refractivity contribution is 0.101. The van der Waals surface area contributed by atoms with Gasteiger partial charge in [0.1, 0.15) is 11.6 Å². The lowest BCUT2D eigenvalue weighted by atomic mass is 10.1. The molecule has 0 aliphatic rings. The summed E-state index contributed by atoms with van der Waals surface area (Å²) in [5, 5.41) is 2.53. The van der Waals surface area contributed by atoms with E-state index >= 15 is 0 Å². The second-order valence-corrected chi connectivity index (χ2v) is 5.55. The molecule has 1 aromatic carbocycles. The standard InChI is InChI=1S/C14H10ClF2N3O2S/c1-6(21)11-9(17)3-7(16)4-10(11)19-13(22)12-8(15)5-18-14(20-12)23-2/h3-5H,1-2H3,(H,19,22). The van der Waals surface area contributed by atoms with E-state index in [1.807, 2.05) is 0 Å². The van der Waals surface area contributed by atoms with Gasteiger partial charge in [-0.2, -0.15) is 0 Å². The van der Waals surface area contributed by atoms with Gasteiger partial charge in [-0.3, -0.25) is 9.59 Å². The Hall–Kier alpha value is -2.06. The first-order valence-electron chi connectivity index (χ1n) is 6.21. The van der Waals surface area contributed by atoms with Crippen LogP contribution in [0.15, 0.2) is 23.5 Å². The fourth-order valence-corrected chi connectivity index (χ4v) is 2.34. The summed E-state index contributed by atoms with van der Waals surface area (Å²) in [5.41, 5.74) is -0.874. The number of anilines is 1. The molecule has 23 heavy (non-hydrogen) atoms. The first kappa shape index (κ1) is 17.3. The van der Waals surface area contributed by atoms with Crippen LogP contribution in [0.1, 0.15) is 27.8 Å². The van der Waals surface area contributed by atoms with Crippen LogP contribution in [0.4, 0.5) is 14.5 Å². The molecule has 1 heterocycles. The minimum Gasteiger partial charge on any atom is -0.320 e. The van der Waals surface area contributed by atoms with Gasteiger partial charge in [0, 0.05) is 6.07 Å². The number of amides is 1. The fourth-order valence-electron chi connectivity index (χ4n) is 1.82. The Kier molecular flexibility index (Phi) is 5.27. The molecule has 9 heteroatoms. The van der Waals surface area contributed by atoms with Crippen LogP contribution < -0.4 is 5.32 Å². The van der Waals surface area contributed by atoms with Crippen LogP contribution in [0.5, 0.6) is 0 Å². The van der Waals surface area contributed by atoms with Crippen LogP contribution in [-0.2, 0) is 0 Å². The molecule has 0 saturated carbocycles. The van der Waals surface area contributed by atoms with Gasteiger partial charge in [0.2, 0.25) is 0 Å². The van der Waals surface area contributed by atoms with Gasteiger partial charge in [-0.05, 0) is 19.2 Å². The number of carbonyl (C=O) groups is 2. The summed E-state index contributed by atoms with van der Waals surface area (Å²) < 4.78 is 27.1.